The van der Waals surface area contributed by atoms with Crippen molar-refractivity contribution in [1.82, 2.24) is 5.32 Å². The average molecular weight is 424 g/mol. The fraction of sp³-hybridized carbons (Fsp3) is 0.368. The molecule has 1 heterocycles. The van der Waals surface area contributed by atoms with Crippen LogP contribution in [0.2, 0.25) is 10.0 Å². The van der Waals surface area contributed by atoms with E-state index in [1.54, 1.807) is 62.4 Å². The lowest BCUT2D eigenvalue weighted by atomic mass is 9.66. The van der Waals surface area contributed by atoms with Crippen molar-refractivity contribution in [3.05, 3.63) is 89.9 Å². The van der Waals surface area contributed by atoms with Gasteiger partial charge in [0.2, 0.25) is 12.1 Å². The smallest absolute Gasteiger partial charge is 0.244 e. The Morgan fingerprint density at radius 2 is 1.18 bits per heavy atom. The van der Waals surface area contributed by atoms with E-state index in [1.165, 1.54) is 0 Å². The molecule has 0 unspecified atom stereocenters. The second kappa shape index (κ2) is 7.66. The highest BCUT2D eigenvalue weighted by Gasteiger charge is 2.63. The second-order valence-electron chi connectivity index (χ2n) is 7.45. The van der Waals surface area contributed by atoms with Crippen molar-refractivity contribution in [3.8, 4) is 0 Å². The standard InChI is InChI=1S/C19H19Cl2N3O4/c1-19(2)17(23(25)26)15(11-7-3-5-9-13(11)20)22-16(18(19)24(27)28)12-8-4-6-10-14(12)21/h3-10,15-18,22H,1-2H3/t15-,16-,17-,18+/m1/s1. The van der Waals surface area contributed by atoms with E-state index >= 15 is 0 Å². The molecule has 0 spiro atoms. The number of nitro groups is 2. The molecule has 0 amide bonds. The van der Waals surface area contributed by atoms with Gasteiger partial charge in [-0.1, -0.05) is 59.6 Å². The topological polar surface area (TPSA) is 98.3 Å². The van der Waals surface area contributed by atoms with Crippen LogP contribution in [0, 0.1) is 25.6 Å². The molecule has 1 saturated heterocycles. The van der Waals surface area contributed by atoms with Gasteiger partial charge in [-0.2, -0.15) is 0 Å². The highest BCUT2D eigenvalue weighted by Crippen LogP contribution is 2.48. The van der Waals surface area contributed by atoms with Gasteiger partial charge < -0.3 is 0 Å². The third kappa shape index (κ3) is 3.45. The minimum atomic E-state index is -1.29. The molecule has 7 nitrogen and oxygen atoms in total. The van der Waals surface area contributed by atoms with Gasteiger partial charge in [0, 0.05) is 19.9 Å². The zero-order valence-electron chi connectivity index (χ0n) is 15.2. The number of hydrogen-bond acceptors (Lipinski definition) is 5. The van der Waals surface area contributed by atoms with Crippen molar-refractivity contribution < 1.29 is 9.85 Å². The van der Waals surface area contributed by atoms with Crippen LogP contribution >= 0.6 is 23.2 Å². The maximum Gasteiger partial charge on any atom is 0.244 e. The molecule has 0 bridgehead atoms. The zero-order valence-corrected chi connectivity index (χ0v) is 16.7. The van der Waals surface area contributed by atoms with Crippen molar-refractivity contribution in [2.75, 3.05) is 0 Å². The molecule has 3 rings (SSSR count). The molecule has 0 aromatic heterocycles. The van der Waals surface area contributed by atoms with Crippen LogP contribution in [0.4, 0.5) is 0 Å². The normalized spacial score (nSPS) is 26.6. The van der Waals surface area contributed by atoms with Crippen LogP contribution in [0.15, 0.2) is 48.5 Å². The summed E-state index contributed by atoms with van der Waals surface area (Å²) in [6, 6.07) is 9.44. The monoisotopic (exact) mass is 423 g/mol. The first-order chi connectivity index (χ1) is 13.2. The molecule has 0 aliphatic carbocycles. The molecule has 2 aromatic rings. The lowest BCUT2D eigenvalue weighted by Gasteiger charge is -2.44. The van der Waals surface area contributed by atoms with Gasteiger partial charge in [0.1, 0.15) is 17.5 Å². The third-order valence-corrected chi connectivity index (χ3v) is 6.14. The van der Waals surface area contributed by atoms with Gasteiger partial charge in [0.25, 0.3) is 0 Å². The Kier molecular flexibility index (Phi) is 5.61. The molecule has 4 atom stereocenters. The fourth-order valence-electron chi connectivity index (χ4n) is 4.17. The van der Waals surface area contributed by atoms with E-state index in [9.17, 15) is 20.2 Å². The summed E-state index contributed by atoms with van der Waals surface area (Å²) >= 11 is 12.6. The fourth-order valence-corrected chi connectivity index (χ4v) is 4.68. The predicted octanol–water partition coefficient (Wildman–Crippen LogP) is 4.70. The zero-order chi connectivity index (χ0) is 20.6. The van der Waals surface area contributed by atoms with Crippen LogP contribution < -0.4 is 5.32 Å². The Morgan fingerprint density at radius 1 is 0.821 bits per heavy atom. The summed E-state index contributed by atoms with van der Waals surface area (Å²) in [7, 11) is 0. The molecule has 1 aliphatic heterocycles. The molecule has 28 heavy (non-hydrogen) atoms. The van der Waals surface area contributed by atoms with Gasteiger partial charge in [-0.15, -0.1) is 0 Å². The van der Waals surface area contributed by atoms with Crippen molar-refractivity contribution in [2.24, 2.45) is 5.41 Å². The third-order valence-electron chi connectivity index (χ3n) is 5.45. The molecule has 0 saturated carbocycles. The molecule has 2 aromatic carbocycles. The van der Waals surface area contributed by atoms with Crippen molar-refractivity contribution in [3.63, 3.8) is 0 Å². The van der Waals surface area contributed by atoms with Gasteiger partial charge in [-0.25, -0.2) is 0 Å². The van der Waals surface area contributed by atoms with E-state index in [-0.39, 0.29) is 0 Å². The number of benzene rings is 2. The number of halogens is 2. The largest absolute Gasteiger partial charge is 0.291 e. The van der Waals surface area contributed by atoms with Crippen molar-refractivity contribution >= 4 is 23.2 Å². The SMILES string of the molecule is CC1(C)[C@@H]([N+](=O)[O-])[C@@H](c2ccccc2Cl)N[C@H](c2ccccc2Cl)[C@H]1[N+](=O)[O-]. The van der Waals surface area contributed by atoms with Crippen molar-refractivity contribution in [1.29, 1.82) is 0 Å². The van der Waals surface area contributed by atoms with E-state index in [0.717, 1.165) is 0 Å². The predicted molar refractivity (Wildman–Crippen MR) is 107 cm³/mol. The van der Waals surface area contributed by atoms with E-state index < -0.39 is 39.4 Å². The van der Waals surface area contributed by atoms with Crippen LogP contribution in [0.25, 0.3) is 0 Å². The maximum atomic E-state index is 12.0. The van der Waals surface area contributed by atoms with E-state index in [4.69, 9.17) is 23.2 Å². The van der Waals surface area contributed by atoms with Crippen LogP contribution in [0.3, 0.4) is 0 Å². The van der Waals surface area contributed by atoms with Gasteiger partial charge in [-0.05, 0) is 37.1 Å². The van der Waals surface area contributed by atoms with Gasteiger partial charge >= 0.3 is 0 Å². The quantitative estimate of drug-likeness (QED) is 0.567. The van der Waals surface area contributed by atoms with Crippen LogP contribution in [0.1, 0.15) is 37.1 Å². The Labute approximate surface area is 171 Å². The summed E-state index contributed by atoms with van der Waals surface area (Å²) in [5, 5.41) is 27.9. The lowest BCUT2D eigenvalue weighted by molar-refractivity contribution is -0.605. The first kappa shape index (κ1) is 20.5. The summed E-state index contributed by atoms with van der Waals surface area (Å²) in [6.45, 7) is 3.12. The molecule has 1 aliphatic rings. The van der Waals surface area contributed by atoms with Gasteiger partial charge in [-0.3, -0.25) is 25.5 Å². The molecule has 1 N–H and O–H groups in total. The average Bonchev–Trinajstić information content (AvgIpc) is 2.60. The Bertz CT molecular complexity index is 850. The number of nitrogens with one attached hydrogen (secondary N) is 1. The second-order valence-corrected chi connectivity index (χ2v) is 8.26. The van der Waals surface area contributed by atoms with E-state index in [1.807, 2.05) is 0 Å². The Balaban J connectivity index is 2.21. The molecule has 148 valence electrons. The molecular weight excluding hydrogens is 405 g/mol. The number of nitrogens with zero attached hydrogens (tertiary/aromatic N) is 2. The first-order valence-corrected chi connectivity index (χ1v) is 9.43. The molecule has 9 heteroatoms. The van der Waals surface area contributed by atoms with Crippen LogP contribution in [-0.4, -0.2) is 21.9 Å². The van der Waals surface area contributed by atoms with Crippen LogP contribution in [-0.2, 0) is 0 Å². The first-order valence-electron chi connectivity index (χ1n) is 8.68. The molecule has 1 fully saturated rings. The van der Waals surface area contributed by atoms with E-state index in [0.29, 0.717) is 21.2 Å². The molecule has 0 radical (unpaired) electrons. The highest BCUT2D eigenvalue weighted by molar-refractivity contribution is 6.31. The van der Waals surface area contributed by atoms with Gasteiger partial charge in [0.05, 0.1) is 0 Å². The minimum Gasteiger partial charge on any atom is -0.291 e. The van der Waals surface area contributed by atoms with Gasteiger partial charge in [0.15, 0.2) is 0 Å². The summed E-state index contributed by atoms with van der Waals surface area (Å²) in [5.41, 5.74) is -0.234. The lowest BCUT2D eigenvalue weighted by Crippen LogP contribution is -2.63. The summed E-state index contributed by atoms with van der Waals surface area (Å²) in [6.07, 6.45) is 0. The summed E-state index contributed by atoms with van der Waals surface area (Å²) < 4.78 is 0. The molecular formula is C19H19Cl2N3O4. The summed E-state index contributed by atoms with van der Waals surface area (Å²) in [4.78, 5) is 23.1. The van der Waals surface area contributed by atoms with E-state index in [2.05, 4.69) is 5.32 Å². The highest BCUT2D eigenvalue weighted by atomic mass is 35.5. The number of piperidine rings is 1. The maximum absolute atomic E-state index is 12.0. The minimum absolute atomic E-state index is 0.361. The Hall–Kier alpha value is -2.22. The number of hydrogen-bond donors (Lipinski definition) is 1. The summed E-state index contributed by atoms with van der Waals surface area (Å²) in [5.74, 6) is 0. The van der Waals surface area contributed by atoms with Crippen molar-refractivity contribution in [2.45, 2.75) is 38.0 Å². The van der Waals surface area contributed by atoms with Crippen LogP contribution in [0.5, 0.6) is 0 Å². The Morgan fingerprint density at radius 3 is 1.50 bits per heavy atom. The number of rotatable bonds is 4.